The summed E-state index contributed by atoms with van der Waals surface area (Å²) in [7, 11) is 1.27. The predicted molar refractivity (Wildman–Crippen MR) is 135 cm³/mol. The van der Waals surface area contributed by atoms with Crippen LogP contribution in [0.15, 0.2) is 60.7 Å². The highest BCUT2D eigenvalue weighted by Gasteiger charge is 2.45. The number of hydrogen-bond donors (Lipinski definition) is 1. The van der Waals surface area contributed by atoms with Gasteiger partial charge in [-0.25, -0.2) is 9.80 Å². The third-order valence-electron chi connectivity index (χ3n) is 6.81. The molecule has 3 unspecified atom stereocenters. The fourth-order valence-electron chi connectivity index (χ4n) is 4.84. The summed E-state index contributed by atoms with van der Waals surface area (Å²) in [5, 5.41) is 5.79. The normalized spacial score (nSPS) is 20.6. The van der Waals surface area contributed by atoms with Crippen LogP contribution < -0.4 is 5.32 Å². The second-order valence-corrected chi connectivity index (χ2v) is 9.31. The molecule has 9 nitrogen and oxygen atoms in total. The van der Waals surface area contributed by atoms with Gasteiger partial charge in [-0.05, 0) is 43.2 Å². The van der Waals surface area contributed by atoms with E-state index >= 15 is 0 Å². The quantitative estimate of drug-likeness (QED) is 0.520. The molecule has 2 fully saturated rings. The third kappa shape index (κ3) is 6.54. The van der Waals surface area contributed by atoms with E-state index in [-0.39, 0.29) is 25.4 Å². The first-order valence-electron chi connectivity index (χ1n) is 12.7. The number of hydrazine groups is 1. The number of esters is 2. The summed E-state index contributed by atoms with van der Waals surface area (Å²) < 4.78 is 10.5. The van der Waals surface area contributed by atoms with E-state index in [1.165, 1.54) is 17.1 Å². The molecule has 9 heteroatoms. The summed E-state index contributed by atoms with van der Waals surface area (Å²) in [6.45, 7) is 0.478. The summed E-state index contributed by atoms with van der Waals surface area (Å²) in [4.78, 5) is 52.2. The lowest BCUT2D eigenvalue weighted by atomic mass is 10.0. The summed E-state index contributed by atoms with van der Waals surface area (Å²) in [5.41, 5.74) is 1.92. The number of nitrogens with one attached hydrogen (secondary N) is 1. The first-order chi connectivity index (χ1) is 18.0. The summed E-state index contributed by atoms with van der Waals surface area (Å²) in [6.07, 6.45) is 2.34. The van der Waals surface area contributed by atoms with E-state index in [1.807, 2.05) is 60.7 Å². The number of ether oxygens (including phenoxy) is 2. The number of fused-ring (bicyclic) bond motifs is 1. The van der Waals surface area contributed by atoms with Crippen molar-refractivity contribution in [1.82, 2.24) is 15.3 Å². The molecule has 1 N–H and O–H groups in total. The molecule has 2 aliphatic heterocycles. The molecule has 2 heterocycles. The fraction of sp³-hybridized carbons (Fsp3) is 0.429. The molecule has 2 amide bonds. The number of benzene rings is 2. The molecular formula is C28H33N3O6. The number of carbonyl (C=O) groups excluding carboxylic acids is 4. The molecule has 0 bridgehead atoms. The average Bonchev–Trinajstić information content (AvgIpc) is 3.06. The molecule has 0 spiro atoms. The van der Waals surface area contributed by atoms with Crippen molar-refractivity contribution in [2.75, 3.05) is 13.7 Å². The zero-order valence-electron chi connectivity index (χ0n) is 21.0. The summed E-state index contributed by atoms with van der Waals surface area (Å²) >= 11 is 0. The zero-order chi connectivity index (χ0) is 26.2. The molecule has 0 saturated carbocycles. The molecular weight excluding hydrogens is 474 g/mol. The minimum Gasteiger partial charge on any atom is -0.467 e. The first kappa shape index (κ1) is 26.3. The Morgan fingerprint density at radius 2 is 1.68 bits per heavy atom. The van der Waals surface area contributed by atoms with Crippen molar-refractivity contribution in [2.24, 2.45) is 0 Å². The van der Waals surface area contributed by atoms with Crippen LogP contribution in [0.25, 0.3) is 0 Å². The van der Waals surface area contributed by atoms with Crippen molar-refractivity contribution in [2.45, 2.75) is 63.3 Å². The van der Waals surface area contributed by atoms with Crippen LogP contribution >= 0.6 is 0 Å². The number of rotatable bonds is 9. The topological polar surface area (TPSA) is 105 Å². The Morgan fingerprint density at radius 3 is 2.35 bits per heavy atom. The van der Waals surface area contributed by atoms with Crippen LogP contribution in [0.4, 0.5) is 0 Å². The summed E-state index contributed by atoms with van der Waals surface area (Å²) in [5.74, 6) is -1.67. The highest BCUT2D eigenvalue weighted by Crippen LogP contribution is 2.26. The van der Waals surface area contributed by atoms with Gasteiger partial charge in [0, 0.05) is 13.0 Å². The van der Waals surface area contributed by atoms with Crippen LogP contribution in [0.5, 0.6) is 0 Å². The van der Waals surface area contributed by atoms with Crippen molar-refractivity contribution in [1.29, 1.82) is 0 Å². The predicted octanol–water partition coefficient (Wildman–Crippen LogP) is 2.39. The number of carbonyl (C=O) groups is 4. The van der Waals surface area contributed by atoms with E-state index in [0.717, 1.165) is 11.1 Å². The van der Waals surface area contributed by atoms with Crippen molar-refractivity contribution in [3.63, 3.8) is 0 Å². The molecule has 4 rings (SSSR count). The van der Waals surface area contributed by atoms with Crippen molar-refractivity contribution >= 4 is 23.8 Å². The SMILES string of the molecule is COC(=O)C1CCCN2C(=O)CCC(NC(CCc3ccccc3)C(=O)OCc3ccccc3)C(=O)N12. The maximum atomic E-state index is 13.7. The van der Waals surface area contributed by atoms with E-state index < -0.39 is 36.0 Å². The van der Waals surface area contributed by atoms with Crippen LogP contribution in [0.1, 0.15) is 43.2 Å². The van der Waals surface area contributed by atoms with E-state index in [1.54, 1.807) is 0 Å². The molecule has 2 aromatic rings. The second kappa shape index (κ2) is 12.5. The zero-order valence-corrected chi connectivity index (χ0v) is 21.0. The van der Waals surface area contributed by atoms with E-state index in [9.17, 15) is 19.2 Å². The first-order valence-corrected chi connectivity index (χ1v) is 12.7. The van der Waals surface area contributed by atoms with Crippen molar-refractivity contribution in [3.05, 3.63) is 71.8 Å². The lowest BCUT2D eigenvalue weighted by Gasteiger charge is -2.42. The standard InChI is InChI=1S/C28H33N3O6/c1-36-28(35)24-13-8-18-30-25(32)17-16-22(26(33)31(24)30)29-23(15-14-20-9-4-2-5-10-20)27(34)37-19-21-11-6-3-7-12-21/h2-7,9-12,22-24,29H,8,13-19H2,1H3. The number of amides is 2. The molecule has 0 aromatic heterocycles. The maximum absolute atomic E-state index is 13.7. The highest BCUT2D eigenvalue weighted by atomic mass is 16.5. The Hall–Kier alpha value is -3.72. The van der Waals surface area contributed by atoms with Gasteiger partial charge in [-0.1, -0.05) is 60.7 Å². The van der Waals surface area contributed by atoms with Gasteiger partial charge < -0.3 is 9.47 Å². The molecule has 196 valence electrons. The number of methoxy groups -OCH3 is 1. The summed E-state index contributed by atoms with van der Waals surface area (Å²) in [6, 6.07) is 16.7. The van der Waals surface area contributed by atoms with Gasteiger partial charge >= 0.3 is 11.9 Å². The molecule has 2 saturated heterocycles. The third-order valence-corrected chi connectivity index (χ3v) is 6.81. The van der Waals surface area contributed by atoms with Crippen LogP contribution in [0.2, 0.25) is 0 Å². The van der Waals surface area contributed by atoms with Gasteiger partial charge in [0.15, 0.2) is 6.04 Å². The smallest absolute Gasteiger partial charge is 0.330 e. The Kier molecular flexibility index (Phi) is 8.90. The lowest BCUT2D eigenvalue weighted by Crippen LogP contribution is -2.63. The number of hydrogen-bond acceptors (Lipinski definition) is 7. The van der Waals surface area contributed by atoms with E-state index in [2.05, 4.69) is 5.32 Å². The Labute approximate surface area is 216 Å². The number of nitrogens with zero attached hydrogens (tertiary/aromatic N) is 2. The molecule has 37 heavy (non-hydrogen) atoms. The van der Waals surface area contributed by atoms with Crippen LogP contribution in [0, 0.1) is 0 Å². The van der Waals surface area contributed by atoms with E-state index in [4.69, 9.17) is 9.47 Å². The minimum atomic E-state index is -0.870. The highest BCUT2D eigenvalue weighted by molar-refractivity contribution is 5.92. The van der Waals surface area contributed by atoms with E-state index in [0.29, 0.717) is 32.2 Å². The van der Waals surface area contributed by atoms with Gasteiger partial charge in [0.25, 0.3) is 5.91 Å². The monoisotopic (exact) mass is 507 g/mol. The van der Waals surface area contributed by atoms with Gasteiger partial charge in [0.2, 0.25) is 5.91 Å². The molecule has 3 atom stereocenters. The van der Waals surface area contributed by atoms with Crippen molar-refractivity contribution in [3.8, 4) is 0 Å². The second-order valence-electron chi connectivity index (χ2n) is 9.31. The largest absolute Gasteiger partial charge is 0.467 e. The maximum Gasteiger partial charge on any atom is 0.330 e. The van der Waals surface area contributed by atoms with Gasteiger partial charge in [-0.3, -0.25) is 24.7 Å². The minimum absolute atomic E-state index is 0.116. The Balaban J connectivity index is 1.52. The Bertz CT molecular complexity index is 1090. The molecule has 2 aromatic carbocycles. The molecule has 0 aliphatic carbocycles. The van der Waals surface area contributed by atoms with Crippen LogP contribution in [-0.2, 0) is 41.7 Å². The average molecular weight is 508 g/mol. The Morgan fingerprint density at radius 1 is 1.00 bits per heavy atom. The van der Waals surface area contributed by atoms with Gasteiger partial charge in [-0.2, -0.15) is 0 Å². The van der Waals surface area contributed by atoms with Crippen LogP contribution in [-0.4, -0.2) is 65.6 Å². The van der Waals surface area contributed by atoms with Gasteiger partial charge in [-0.15, -0.1) is 0 Å². The van der Waals surface area contributed by atoms with Gasteiger partial charge in [0.1, 0.15) is 12.6 Å². The fourth-order valence-corrected chi connectivity index (χ4v) is 4.84. The van der Waals surface area contributed by atoms with Crippen LogP contribution in [0.3, 0.4) is 0 Å². The van der Waals surface area contributed by atoms with Crippen molar-refractivity contribution < 1.29 is 28.7 Å². The van der Waals surface area contributed by atoms with Gasteiger partial charge in [0.05, 0.1) is 13.2 Å². The molecule has 2 aliphatic rings. The molecule has 0 radical (unpaired) electrons. The number of aryl methyl sites for hydroxylation is 1. The lowest BCUT2D eigenvalue weighted by molar-refractivity contribution is -0.182.